The van der Waals surface area contributed by atoms with Crippen LogP contribution in [0.15, 0.2) is 23.1 Å². The van der Waals surface area contributed by atoms with Gasteiger partial charge in [0.2, 0.25) is 10.0 Å². The normalized spacial score (nSPS) is 19.8. The van der Waals surface area contributed by atoms with Crippen LogP contribution < -0.4 is 15.2 Å². The molecule has 1 aromatic rings. The second kappa shape index (κ2) is 6.51. The standard InChI is InChI=1S/C13H19FN2O3S/c14-12-9-11(20(15,17)18)4-5-13(12)19-8-6-10-3-1-2-7-16-10/h4-5,9-10,16H,1-3,6-8H2,(H2,15,17,18). The smallest absolute Gasteiger partial charge is 0.238 e. The van der Waals surface area contributed by atoms with E-state index in [1.807, 2.05) is 0 Å². The van der Waals surface area contributed by atoms with Crippen molar-refractivity contribution in [3.63, 3.8) is 0 Å². The molecule has 0 aromatic heterocycles. The van der Waals surface area contributed by atoms with Gasteiger partial charge in [-0.3, -0.25) is 0 Å². The van der Waals surface area contributed by atoms with Crippen molar-refractivity contribution in [1.82, 2.24) is 5.32 Å². The van der Waals surface area contributed by atoms with Crippen LogP contribution in [0, 0.1) is 5.82 Å². The molecule has 3 N–H and O–H groups in total. The summed E-state index contributed by atoms with van der Waals surface area (Å²) in [6, 6.07) is 3.83. The maximum Gasteiger partial charge on any atom is 0.238 e. The van der Waals surface area contributed by atoms with Crippen LogP contribution >= 0.6 is 0 Å². The van der Waals surface area contributed by atoms with Crippen LogP contribution in [0.25, 0.3) is 0 Å². The number of hydrogen-bond donors (Lipinski definition) is 2. The summed E-state index contributed by atoms with van der Waals surface area (Å²) in [5, 5.41) is 8.31. The van der Waals surface area contributed by atoms with Gasteiger partial charge >= 0.3 is 0 Å². The van der Waals surface area contributed by atoms with Crippen LogP contribution in [0.4, 0.5) is 4.39 Å². The summed E-state index contributed by atoms with van der Waals surface area (Å²) in [5.41, 5.74) is 0. The van der Waals surface area contributed by atoms with E-state index in [2.05, 4.69) is 5.32 Å². The fraction of sp³-hybridized carbons (Fsp3) is 0.538. The third-order valence-electron chi connectivity index (χ3n) is 3.37. The Morgan fingerprint density at radius 3 is 2.80 bits per heavy atom. The number of hydrogen-bond acceptors (Lipinski definition) is 4. The number of ether oxygens (including phenoxy) is 1. The minimum absolute atomic E-state index is 0.0493. The molecule has 1 saturated heterocycles. The third-order valence-corrected chi connectivity index (χ3v) is 4.28. The Balaban J connectivity index is 1.90. The molecule has 1 unspecified atom stereocenters. The molecule has 0 spiro atoms. The van der Waals surface area contributed by atoms with Gasteiger partial charge in [-0.25, -0.2) is 17.9 Å². The van der Waals surface area contributed by atoms with E-state index in [1.54, 1.807) is 0 Å². The molecule has 0 bridgehead atoms. The lowest BCUT2D eigenvalue weighted by Gasteiger charge is -2.23. The number of nitrogens with one attached hydrogen (secondary N) is 1. The zero-order chi connectivity index (χ0) is 14.6. The summed E-state index contributed by atoms with van der Waals surface area (Å²) in [4.78, 5) is -0.253. The second-order valence-electron chi connectivity index (χ2n) is 4.92. The van der Waals surface area contributed by atoms with Gasteiger partial charge in [-0.2, -0.15) is 0 Å². The molecular weight excluding hydrogens is 283 g/mol. The summed E-state index contributed by atoms with van der Waals surface area (Å²) in [6.45, 7) is 1.41. The fourth-order valence-corrected chi connectivity index (χ4v) is 2.78. The highest BCUT2D eigenvalue weighted by Gasteiger charge is 2.14. The number of benzene rings is 1. The summed E-state index contributed by atoms with van der Waals surface area (Å²) in [5.74, 6) is -0.665. The molecule has 7 heteroatoms. The molecular formula is C13H19FN2O3S. The first kappa shape index (κ1) is 15.2. The van der Waals surface area contributed by atoms with Crippen molar-refractivity contribution >= 4 is 10.0 Å². The molecule has 0 radical (unpaired) electrons. The highest BCUT2D eigenvalue weighted by Crippen LogP contribution is 2.21. The second-order valence-corrected chi connectivity index (χ2v) is 6.48. The van der Waals surface area contributed by atoms with Crippen molar-refractivity contribution in [2.24, 2.45) is 5.14 Å². The van der Waals surface area contributed by atoms with Crippen molar-refractivity contribution in [3.05, 3.63) is 24.0 Å². The zero-order valence-corrected chi connectivity index (χ0v) is 12.0. The Morgan fingerprint density at radius 1 is 1.40 bits per heavy atom. The predicted octanol–water partition coefficient (Wildman–Crippen LogP) is 1.38. The Kier molecular flexibility index (Phi) is 4.95. The van der Waals surface area contributed by atoms with E-state index >= 15 is 0 Å². The van der Waals surface area contributed by atoms with Gasteiger partial charge in [0.05, 0.1) is 11.5 Å². The molecule has 1 aromatic carbocycles. The van der Waals surface area contributed by atoms with Gasteiger partial charge < -0.3 is 10.1 Å². The topological polar surface area (TPSA) is 81.4 Å². The van der Waals surface area contributed by atoms with E-state index in [0.717, 1.165) is 25.5 Å². The Labute approximate surface area is 118 Å². The van der Waals surface area contributed by atoms with Crippen LogP contribution in [-0.4, -0.2) is 27.6 Å². The first-order valence-electron chi connectivity index (χ1n) is 6.65. The molecule has 5 nitrogen and oxygen atoms in total. The van der Waals surface area contributed by atoms with E-state index < -0.39 is 15.8 Å². The van der Waals surface area contributed by atoms with Crippen molar-refractivity contribution in [1.29, 1.82) is 0 Å². The molecule has 0 amide bonds. The predicted molar refractivity (Wildman–Crippen MR) is 73.5 cm³/mol. The SMILES string of the molecule is NS(=O)(=O)c1ccc(OCCC2CCCCN2)c(F)c1. The summed E-state index contributed by atoms with van der Waals surface area (Å²) in [7, 11) is -3.89. The monoisotopic (exact) mass is 302 g/mol. The molecule has 0 aliphatic carbocycles. The Morgan fingerprint density at radius 2 is 2.20 bits per heavy atom. The minimum Gasteiger partial charge on any atom is -0.490 e. The van der Waals surface area contributed by atoms with Crippen molar-refractivity contribution in [2.45, 2.75) is 36.6 Å². The van der Waals surface area contributed by atoms with Gasteiger partial charge in [0, 0.05) is 6.04 Å². The molecule has 112 valence electrons. The van der Waals surface area contributed by atoms with E-state index in [9.17, 15) is 12.8 Å². The van der Waals surface area contributed by atoms with Crippen molar-refractivity contribution in [3.8, 4) is 5.75 Å². The van der Waals surface area contributed by atoms with Crippen LogP contribution in [-0.2, 0) is 10.0 Å². The highest BCUT2D eigenvalue weighted by molar-refractivity contribution is 7.89. The van der Waals surface area contributed by atoms with Crippen molar-refractivity contribution in [2.75, 3.05) is 13.2 Å². The lowest BCUT2D eigenvalue weighted by molar-refractivity contribution is 0.259. The molecule has 1 heterocycles. The van der Waals surface area contributed by atoms with E-state index in [1.165, 1.54) is 25.0 Å². The number of piperidine rings is 1. The summed E-state index contributed by atoms with van der Waals surface area (Å²) < 4.78 is 41.2. The quantitative estimate of drug-likeness (QED) is 0.861. The molecule has 1 fully saturated rings. The molecule has 20 heavy (non-hydrogen) atoms. The molecule has 1 atom stereocenters. The Bertz CT molecular complexity index is 557. The molecule has 1 aliphatic rings. The largest absolute Gasteiger partial charge is 0.490 e. The summed E-state index contributed by atoms with van der Waals surface area (Å²) >= 11 is 0. The molecule has 2 rings (SSSR count). The van der Waals surface area contributed by atoms with E-state index in [0.29, 0.717) is 12.6 Å². The van der Waals surface area contributed by atoms with Gasteiger partial charge in [0.15, 0.2) is 11.6 Å². The molecule has 0 saturated carbocycles. The van der Waals surface area contributed by atoms with Crippen LogP contribution in [0.2, 0.25) is 0 Å². The number of primary sulfonamides is 1. The van der Waals surface area contributed by atoms with Gasteiger partial charge in [-0.05, 0) is 44.0 Å². The first-order valence-corrected chi connectivity index (χ1v) is 8.20. The van der Waals surface area contributed by atoms with Crippen LogP contribution in [0.1, 0.15) is 25.7 Å². The number of nitrogens with two attached hydrogens (primary N) is 1. The van der Waals surface area contributed by atoms with Gasteiger partial charge in [-0.15, -0.1) is 0 Å². The number of sulfonamides is 1. The highest BCUT2D eigenvalue weighted by atomic mass is 32.2. The first-order chi connectivity index (χ1) is 9.47. The molecule has 1 aliphatic heterocycles. The van der Waals surface area contributed by atoms with Gasteiger partial charge in [0.1, 0.15) is 0 Å². The number of halogens is 1. The average Bonchev–Trinajstić information content (AvgIpc) is 2.40. The fourth-order valence-electron chi connectivity index (χ4n) is 2.26. The average molecular weight is 302 g/mol. The lowest BCUT2D eigenvalue weighted by Crippen LogP contribution is -2.35. The van der Waals surface area contributed by atoms with Gasteiger partial charge in [-0.1, -0.05) is 6.42 Å². The maximum atomic E-state index is 13.7. The lowest BCUT2D eigenvalue weighted by atomic mass is 10.0. The zero-order valence-electron chi connectivity index (χ0n) is 11.1. The van der Waals surface area contributed by atoms with E-state index in [4.69, 9.17) is 9.88 Å². The van der Waals surface area contributed by atoms with Crippen LogP contribution in [0.5, 0.6) is 5.75 Å². The third kappa shape index (κ3) is 4.16. The number of rotatable bonds is 5. The maximum absolute atomic E-state index is 13.7. The van der Waals surface area contributed by atoms with E-state index in [-0.39, 0.29) is 10.6 Å². The Hall–Kier alpha value is -1.18. The van der Waals surface area contributed by atoms with Crippen LogP contribution in [0.3, 0.4) is 0 Å². The summed E-state index contributed by atoms with van der Waals surface area (Å²) in [6.07, 6.45) is 4.31. The minimum atomic E-state index is -3.89. The van der Waals surface area contributed by atoms with Gasteiger partial charge in [0.25, 0.3) is 0 Å². The van der Waals surface area contributed by atoms with Crippen molar-refractivity contribution < 1.29 is 17.5 Å².